The first-order valence-electron chi connectivity index (χ1n) is 14.1. The molecule has 0 aliphatic rings. The predicted molar refractivity (Wildman–Crippen MR) is 173 cm³/mol. The van der Waals surface area contributed by atoms with Gasteiger partial charge in [-0.3, -0.25) is 0 Å². The average Bonchev–Trinajstić information content (AvgIpc) is 3.61. The van der Waals surface area contributed by atoms with E-state index in [2.05, 4.69) is 31.1 Å². The fraction of sp³-hybridized carbons (Fsp3) is 0.333. The predicted octanol–water partition coefficient (Wildman–Crippen LogP) is 4.12. The highest BCUT2D eigenvalue weighted by Gasteiger charge is 2.11. The number of rotatable bonds is 13. The van der Waals surface area contributed by atoms with Gasteiger partial charge in [-0.2, -0.15) is 0 Å². The number of nitrogens with one attached hydrogen (secondary N) is 2. The largest absolute Gasteiger partial charge is 0.550 e. The molecule has 0 amide bonds. The molecular weight excluding hydrogens is 633 g/mol. The molecule has 0 unspecified atom stereocenters. The fourth-order valence-electron chi connectivity index (χ4n) is 3.43. The van der Waals surface area contributed by atoms with Crippen molar-refractivity contribution in [2.24, 2.45) is 34.6 Å². The van der Waals surface area contributed by atoms with Gasteiger partial charge in [0.05, 0.1) is 48.9 Å². The topological polar surface area (TPSA) is 180 Å². The number of ether oxygens (including phenoxy) is 2. The van der Waals surface area contributed by atoms with Crippen LogP contribution in [-0.4, -0.2) is 38.2 Å². The molecule has 0 atom stereocenters. The molecule has 2 N–H and O–H groups in total. The fourth-order valence-corrected chi connectivity index (χ4v) is 4.79. The van der Waals surface area contributed by atoms with Crippen molar-refractivity contribution in [3.8, 4) is 11.5 Å². The van der Waals surface area contributed by atoms with Gasteiger partial charge in [-0.05, 0) is 84.9 Å². The van der Waals surface area contributed by atoms with Gasteiger partial charge in [0.1, 0.15) is 35.3 Å². The van der Waals surface area contributed by atoms with E-state index in [1.807, 2.05) is 96.6 Å². The maximum absolute atomic E-state index is 8.89. The first-order valence-corrected chi connectivity index (χ1v) is 15.9. The zero-order valence-corrected chi connectivity index (χ0v) is 28.2. The summed E-state index contributed by atoms with van der Waals surface area (Å²) in [6.45, 7) is 8.33. The first kappa shape index (κ1) is 37.2. The van der Waals surface area contributed by atoms with E-state index in [1.165, 1.54) is 22.7 Å². The van der Waals surface area contributed by atoms with Crippen LogP contribution in [0.5, 0.6) is 11.5 Å². The minimum Gasteiger partial charge on any atom is -0.550 e. The van der Waals surface area contributed by atoms with Crippen LogP contribution in [-0.2, 0) is 23.7 Å². The number of carbonyl (C=O) groups excluding carboxylic acids is 2. The maximum Gasteiger partial charge on any atom is 0.408 e. The number of aliphatic carboxylic acids is 2. The lowest BCUT2D eigenvalue weighted by atomic mass is 10.2. The monoisotopic (exact) mass is 670 g/mol. The second-order valence-corrected chi connectivity index (χ2v) is 10.8. The van der Waals surface area contributed by atoms with Gasteiger partial charge in [0.2, 0.25) is 0 Å². The van der Waals surface area contributed by atoms with Crippen molar-refractivity contribution < 1.29 is 38.4 Å². The lowest BCUT2D eigenvalue weighted by Crippen LogP contribution is -2.23. The number of aryl methyl sites for hydroxylation is 2. The molecule has 4 rings (SSSR count). The summed E-state index contributed by atoms with van der Waals surface area (Å²) in [6, 6.07) is 11.6. The Morgan fingerprint density at radius 2 is 1.09 bits per heavy atom. The highest BCUT2D eigenvalue weighted by atomic mass is 32.1. The second-order valence-electron chi connectivity index (χ2n) is 9.06. The number of carbonyl (C=O) groups is 2. The number of carboxylic acids is 2. The highest BCUT2D eigenvalue weighted by Crippen LogP contribution is 2.32. The minimum atomic E-state index is -1.08. The summed E-state index contributed by atoms with van der Waals surface area (Å²) < 4.78 is 15.6. The Balaban J connectivity index is 0.000000825. The second kappa shape index (κ2) is 20.1. The Kier molecular flexibility index (Phi) is 16.3. The average molecular weight is 671 g/mol. The molecular formula is C30H38N8O6S2. The number of aromatic nitrogens is 2. The van der Waals surface area contributed by atoms with E-state index in [1.54, 1.807) is 0 Å². The molecule has 0 fully saturated rings. The quantitative estimate of drug-likeness (QED) is 0.121. The zero-order valence-electron chi connectivity index (χ0n) is 26.6. The third-order valence-corrected chi connectivity index (χ3v) is 6.98. The summed E-state index contributed by atoms with van der Waals surface area (Å²) in [5.74, 6) is -0.688. The van der Waals surface area contributed by atoms with Crippen LogP contribution in [0.3, 0.4) is 0 Å². The Morgan fingerprint density at radius 3 is 1.39 bits per heavy atom. The van der Waals surface area contributed by atoms with E-state index >= 15 is 0 Å². The molecule has 0 aliphatic carbocycles. The lowest BCUT2D eigenvalue weighted by Gasteiger charge is -2.15. The molecule has 0 radical (unpaired) electrons. The SMILES string of the molecule is CC(=O)[O-].CC(=O)[O-].CCOc1cc(N=Nc2scc[n+]2C)ccc1NCCNc1ccc(N=Nc2scc[n+]2C)cc1OCC. The number of carboxylic acid groups (broad SMARTS) is 2. The van der Waals surface area contributed by atoms with E-state index in [0.717, 1.165) is 58.4 Å². The number of benzene rings is 2. The van der Waals surface area contributed by atoms with Gasteiger partial charge in [0, 0.05) is 47.9 Å². The molecule has 0 spiro atoms. The van der Waals surface area contributed by atoms with E-state index in [4.69, 9.17) is 29.3 Å². The summed E-state index contributed by atoms with van der Waals surface area (Å²) in [6.07, 6.45) is 3.91. The van der Waals surface area contributed by atoms with Crippen molar-refractivity contribution in [3.63, 3.8) is 0 Å². The minimum absolute atomic E-state index is 0.555. The first-order chi connectivity index (χ1) is 22.0. The number of thiazole rings is 2. The van der Waals surface area contributed by atoms with E-state index in [0.29, 0.717) is 26.3 Å². The third-order valence-electron chi connectivity index (χ3n) is 5.31. The summed E-state index contributed by atoms with van der Waals surface area (Å²) in [5.41, 5.74) is 3.27. The maximum atomic E-state index is 8.89. The molecule has 46 heavy (non-hydrogen) atoms. The van der Waals surface area contributed by atoms with Crippen LogP contribution in [0.2, 0.25) is 0 Å². The van der Waals surface area contributed by atoms with Gasteiger partial charge >= 0.3 is 10.3 Å². The van der Waals surface area contributed by atoms with Crippen molar-refractivity contribution in [2.75, 3.05) is 36.9 Å². The van der Waals surface area contributed by atoms with Crippen LogP contribution < -0.4 is 39.5 Å². The summed E-state index contributed by atoms with van der Waals surface area (Å²) in [7, 11) is 3.89. The van der Waals surface area contributed by atoms with Gasteiger partial charge < -0.3 is 39.9 Å². The molecule has 0 aliphatic heterocycles. The van der Waals surface area contributed by atoms with Gasteiger partial charge in [-0.25, -0.2) is 9.13 Å². The molecule has 2 aromatic heterocycles. The van der Waals surface area contributed by atoms with E-state index in [9.17, 15) is 0 Å². The smallest absolute Gasteiger partial charge is 0.408 e. The molecule has 14 nitrogen and oxygen atoms in total. The molecule has 0 saturated carbocycles. The standard InChI is InChI=1S/C26H30N8O2S2.2C2H4O2/c1-5-35-23-17-19(29-31-25-33(3)13-15-37-25)7-9-21(23)27-11-12-28-22-10-8-20(18-24(22)36-6-2)30-32-26-34(4)14-16-38-26;2*1-2(3)4/h7-10,13-18H,5-6,11-12H2,1-4H3;2*1H3,(H,3,4). The van der Waals surface area contributed by atoms with Gasteiger partial charge in [0.15, 0.2) is 0 Å². The molecule has 0 saturated heterocycles. The molecule has 2 aromatic carbocycles. The number of hydrogen-bond donors (Lipinski definition) is 2. The Bertz CT molecular complexity index is 1480. The van der Waals surface area contributed by atoms with Crippen molar-refractivity contribution in [3.05, 3.63) is 59.6 Å². The van der Waals surface area contributed by atoms with Crippen LogP contribution in [0.15, 0.2) is 80.0 Å². The highest BCUT2D eigenvalue weighted by molar-refractivity contribution is 7.13. The molecule has 16 heteroatoms. The number of nitrogens with zero attached hydrogens (tertiary/aromatic N) is 6. The zero-order chi connectivity index (χ0) is 33.9. The summed E-state index contributed by atoms with van der Waals surface area (Å²) >= 11 is 3.08. The molecule has 4 aromatic rings. The van der Waals surface area contributed by atoms with Crippen LogP contribution in [0, 0.1) is 0 Å². The lowest BCUT2D eigenvalue weighted by molar-refractivity contribution is -0.654. The Labute approximate surface area is 275 Å². The van der Waals surface area contributed by atoms with Crippen molar-refractivity contribution >= 4 is 67.6 Å². The summed E-state index contributed by atoms with van der Waals surface area (Å²) in [4.78, 5) is 17.8. The van der Waals surface area contributed by atoms with Gasteiger partial charge in [-0.1, -0.05) is 0 Å². The van der Waals surface area contributed by atoms with E-state index in [-0.39, 0.29) is 0 Å². The number of azo groups is 2. The Morgan fingerprint density at radius 1 is 0.717 bits per heavy atom. The van der Waals surface area contributed by atoms with Crippen LogP contribution >= 0.6 is 22.7 Å². The van der Waals surface area contributed by atoms with Gasteiger partial charge in [0.25, 0.3) is 0 Å². The van der Waals surface area contributed by atoms with Crippen LogP contribution in [0.1, 0.15) is 27.7 Å². The normalized spacial score (nSPS) is 10.5. The van der Waals surface area contributed by atoms with Crippen molar-refractivity contribution in [2.45, 2.75) is 27.7 Å². The van der Waals surface area contributed by atoms with Crippen molar-refractivity contribution in [1.82, 2.24) is 0 Å². The molecule has 2 heterocycles. The van der Waals surface area contributed by atoms with Crippen LogP contribution in [0.25, 0.3) is 0 Å². The van der Waals surface area contributed by atoms with Crippen LogP contribution in [0.4, 0.5) is 33.0 Å². The molecule has 246 valence electrons. The number of anilines is 2. The van der Waals surface area contributed by atoms with E-state index < -0.39 is 11.9 Å². The molecule has 0 bridgehead atoms. The Hall–Kier alpha value is -4.96. The van der Waals surface area contributed by atoms with Gasteiger partial charge in [-0.15, -0.1) is 0 Å². The van der Waals surface area contributed by atoms with Crippen molar-refractivity contribution in [1.29, 1.82) is 0 Å². The summed E-state index contributed by atoms with van der Waals surface area (Å²) in [5, 5.41) is 47.7. The third kappa shape index (κ3) is 13.8. The number of hydrogen-bond acceptors (Lipinski definition) is 14.